The van der Waals surface area contributed by atoms with Gasteiger partial charge in [-0.25, -0.2) is 14.6 Å². The smallest absolute Gasteiger partial charge is 0.334 e. The number of carbonyl (C=O) groups excluding carboxylic acids is 1. The Morgan fingerprint density at radius 3 is 2.84 bits per heavy atom. The van der Waals surface area contributed by atoms with Crippen molar-refractivity contribution in [2.24, 2.45) is 5.10 Å². The predicted octanol–water partition coefficient (Wildman–Crippen LogP) is 2.79. The Morgan fingerprint density at radius 2 is 2.11 bits per heavy atom. The van der Waals surface area contributed by atoms with E-state index < -0.39 is 0 Å². The molecular weight excluding hydrogens is 245 g/mol. The number of urea groups is 1. The number of amides is 2. The van der Waals surface area contributed by atoms with E-state index in [1.54, 1.807) is 12.1 Å². The number of benzene rings is 1. The fraction of sp³-hybridized carbons (Fsp3) is 0.429. The van der Waals surface area contributed by atoms with Crippen molar-refractivity contribution < 1.29 is 9.18 Å². The summed E-state index contributed by atoms with van der Waals surface area (Å²) in [4.78, 5) is 11.6. The SMILES string of the molecule is O=C(N/N=C/c1cccc(F)c1)NC1CCCCC1. The zero-order valence-corrected chi connectivity index (χ0v) is 10.7. The van der Waals surface area contributed by atoms with Crippen LogP contribution in [0.3, 0.4) is 0 Å². The van der Waals surface area contributed by atoms with E-state index in [0.717, 1.165) is 25.7 Å². The first kappa shape index (κ1) is 13.5. The summed E-state index contributed by atoms with van der Waals surface area (Å²) >= 11 is 0. The van der Waals surface area contributed by atoms with Gasteiger partial charge in [0.2, 0.25) is 0 Å². The summed E-state index contributed by atoms with van der Waals surface area (Å²) in [5.41, 5.74) is 3.00. The molecule has 0 aliphatic heterocycles. The highest BCUT2D eigenvalue weighted by Gasteiger charge is 2.14. The first-order chi connectivity index (χ1) is 9.24. The van der Waals surface area contributed by atoms with Crippen LogP contribution >= 0.6 is 0 Å². The van der Waals surface area contributed by atoms with Gasteiger partial charge in [0.15, 0.2) is 0 Å². The van der Waals surface area contributed by atoms with Crippen molar-refractivity contribution >= 4 is 12.2 Å². The lowest BCUT2D eigenvalue weighted by molar-refractivity contribution is 0.233. The standard InChI is InChI=1S/C14H18FN3O/c15-12-6-4-5-11(9-12)10-16-18-14(19)17-13-7-2-1-3-8-13/h4-6,9-10,13H,1-3,7-8H2,(H2,17,18,19)/b16-10+. The van der Waals surface area contributed by atoms with E-state index in [1.165, 1.54) is 24.8 Å². The van der Waals surface area contributed by atoms with Gasteiger partial charge in [-0.1, -0.05) is 31.4 Å². The molecule has 0 aromatic heterocycles. The number of halogens is 1. The molecule has 0 radical (unpaired) electrons. The third kappa shape index (κ3) is 4.69. The van der Waals surface area contributed by atoms with Crippen LogP contribution in [0, 0.1) is 5.82 Å². The molecule has 0 unspecified atom stereocenters. The number of nitrogens with zero attached hydrogens (tertiary/aromatic N) is 1. The highest BCUT2D eigenvalue weighted by molar-refractivity contribution is 5.81. The fourth-order valence-corrected chi connectivity index (χ4v) is 2.22. The molecule has 1 aromatic carbocycles. The topological polar surface area (TPSA) is 53.5 Å². The summed E-state index contributed by atoms with van der Waals surface area (Å²) in [6, 6.07) is 5.97. The largest absolute Gasteiger partial charge is 0.335 e. The highest BCUT2D eigenvalue weighted by Crippen LogP contribution is 2.17. The molecule has 0 heterocycles. The van der Waals surface area contributed by atoms with Crippen LogP contribution in [-0.2, 0) is 0 Å². The summed E-state index contributed by atoms with van der Waals surface area (Å²) in [6.07, 6.45) is 7.05. The van der Waals surface area contributed by atoms with Gasteiger partial charge in [0, 0.05) is 6.04 Å². The monoisotopic (exact) mass is 263 g/mol. The lowest BCUT2D eigenvalue weighted by atomic mass is 9.96. The average molecular weight is 263 g/mol. The van der Waals surface area contributed by atoms with E-state index in [4.69, 9.17) is 0 Å². The first-order valence-corrected chi connectivity index (χ1v) is 6.59. The minimum absolute atomic E-state index is 0.248. The molecule has 1 aliphatic rings. The molecule has 1 saturated carbocycles. The third-order valence-corrected chi connectivity index (χ3v) is 3.17. The minimum atomic E-state index is -0.324. The van der Waals surface area contributed by atoms with Crippen molar-refractivity contribution in [3.8, 4) is 0 Å². The molecule has 0 bridgehead atoms. The van der Waals surface area contributed by atoms with Crippen LogP contribution in [0.25, 0.3) is 0 Å². The van der Waals surface area contributed by atoms with Crippen molar-refractivity contribution in [3.63, 3.8) is 0 Å². The zero-order valence-electron chi connectivity index (χ0n) is 10.7. The van der Waals surface area contributed by atoms with Crippen LogP contribution in [0.1, 0.15) is 37.7 Å². The molecule has 1 aromatic rings. The number of rotatable bonds is 3. The predicted molar refractivity (Wildman–Crippen MR) is 72.5 cm³/mol. The highest BCUT2D eigenvalue weighted by atomic mass is 19.1. The van der Waals surface area contributed by atoms with Crippen molar-refractivity contribution in [2.75, 3.05) is 0 Å². The van der Waals surface area contributed by atoms with Crippen LogP contribution in [0.2, 0.25) is 0 Å². The van der Waals surface area contributed by atoms with E-state index in [1.807, 2.05) is 0 Å². The second-order valence-corrected chi connectivity index (χ2v) is 4.73. The maximum absolute atomic E-state index is 12.9. The van der Waals surface area contributed by atoms with Crippen molar-refractivity contribution in [3.05, 3.63) is 35.6 Å². The van der Waals surface area contributed by atoms with Crippen molar-refractivity contribution in [1.29, 1.82) is 0 Å². The van der Waals surface area contributed by atoms with Crippen molar-refractivity contribution in [2.45, 2.75) is 38.1 Å². The Hall–Kier alpha value is -1.91. The van der Waals surface area contributed by atoms with Crippen molar-refractivity contribution in [1.82, 2.24) is 10.7 Å². The quantitative estimate of drug-likeness (QED) is 0.639. The van der Waals surface area contributed by atoms with E-state index in [9.17, 15) is 9.18 Å². The molecule has 4 nitrogen and oxygen atoms in total. The number of carbonyl (C=O) groups is 1. The van der Waals surface area contributed by atoms with Gasteiger partial charge in [0.1, 0.15) is 5.82 Å². The molecule has 5 heteroatoms. The number of hydrogen-bond donors (Lipinski definition) is 2. The molecule has 2 rings (SSSR count). The second-order valence-electron chi connectivity index (χ2n) is 4.73. The second kappa shape index (κ2) is 6.87. The molecule has 19 heavy (non-hydrogen) atoms. The average Bonchev–Trinajstić information content (AvgIpc) is 2.40. The summed E-state index contributed by atoms with van der Waals surface area (Å²) in [5.74, 6) is -0.324. The van der Waals surface area contributed by atoms with E-state index in [2.05, 4.69) is 15.8 Å². The van der Waals surface area contributed by atoms with E-state index in [0.29, 0.717) is 5.56 Å². The number of hydrogen-bond acceptors (Lipinski definition) is 2. The number of nitrogens with one attached hydrogen (secondary N) is 2. The lowest BCUT2D eigenvalue weighted by Gasteiger charge is -2.22. The molecule has 0 spiro atoms. The van der Waals surface area contributed by atoms with Crippen LogP contribution in [-0.4, -0.2) is 18.3 Å². The Balaban J connectivity index is 1.76. The Kier molecular flexibility index (Phi) is 4.89. The minimum Gasteiger partial charge on any atom is -0.334 e. The van der Waals surface area contributed by atoms with Crippen LogP contribution < -0.4 is 10.7 Å². The fourth-order valence-electron chi connectivity index (χ4n) is 2.22. The Labute approximate surface area is 112 Å². The third-order valence-electron chi connectivity index (χ3n) is 3.17. The van der Waals surface area contributed by atoms with Gasteiger partial charge in [-0.15, -0.1) is 0 Å². The van der Waals surface area contributed by atoms with Gasteiger partial charge in [0.05, 0.1) is 6.21 Å². The first-order valence-electron chi connectivity index (χ1n) is 6.59. The van der Waals surface area contributed by atoms with Gasteiger partial charge in [-0.2, -0.15) is 5.10 Å². The van der Waals surface area contributed by atoms with Gasteiger partial charge >= 0.3 is 6.03 Å². The maximum Gasteiger partial charge on any atom is 0.335 e. The molecule has 2 amide bonds. The maximum atomic E-state index is 12.9. The van der Waals surface area contributed by atoms with Gasteiger partial charge in [-0.05, 0) is 30.5 Å². The summed E-state index contributed by atoms with van der Waals surface area (Å²) in [7, 11) is 0. The number of hydrazone groups is 1. The van der Waals surface area contributed by atoms with Gasteiger partial charge in [-0.3, -0.25) is 0 Å². The molecule has 102 valence electrons. The normalized spacial score (nSPS) is 16.5. The van der Waals surface area contributed by atoms with Gasteiger partial charge in [0.25, 0.3) is 0 Å². The zero-order chi connectivity index (χ0) is 13.5. The Bertz CT molecular complexity index is 456. The molecule has 0 atom stereocenters. The molecular formula is C14H18FN3O. The molecule has 1 fully saturated rings. The molecule has 1 aliphatic carbocycles. The van der Waals surface area contributed by atoms with Gasteiger partial charge < -0.3 is 5.32 Å². The molecule has 0 saturated heterocycles. The van der Waals surface area contributed by atoms with Crippen LogP contribution in [0.5, 0.6) is 0 Å². The lowest BCUT2D eigenvalue weighted by Crippen LogP contribution is -2.41. The van der Waals surface area contributed by atoms with E-state index >= 15 is 0 Å². The van der Waals surface area contributed by atoms with Crippen LogP contribution in [0.15, 0.2) is 29.4 Å². The summed E-state index contributed by atoms with van der Waals surface area (Å²) in [5, 5.41) is 6.67. The molecule has 2 N–H and O–H groups in total. The Morgan fingerprint density at radius 1 is 1.32 bits per heavy atom. The van der Waals surface area contributed by atoms with E-state index in [-0.39, 0.29) is 17.9 Å². The van der Waals surface area contributed by atoms with Crippen LogP contribution in [0.4, 0.5) is 9.18 Å². The summed E-state index contributed by atoms with van der Waals surface area (Å²) < 4.78 is 12.9. The summed E-state index contributed by atoms with van der Waals surface area (Å²) in [6.45, 7) is 0.